The van der Waals surface area contributed by atoms with Gasteiger partial charge >= 0.3 is 0 Å². The number of para-hydroxylation sites is 1. The van der Waals surface area contributed by atoms with Crippen molar-refractivity contribution in [1.82, 2.24) is 5.32 Å². The number of aliphatic imine (C=N–C) groups is 2. The highest BCUT2D eigenvalue weighted by Gasteiger charge is 2.47. The molecule has 282 valence electrons. The Hall–Kier alpha value is -5.24. The molecular weight excluding hydrogens is 706 g/mol. The summed E-state index contributed by atoms with van der Waals surface area (Å²) in [6.07, 6.45) is -8.13. The summed E-state index contributed by atoms with van der Waals surface area (Å²) in [5, 5.41) is 72.6. The van der Waals surface area contributed by atoms with Crippen LogP contribution in [0.1, 0.15) is 61.7 Å². The second-order valence-electron chi connectivity index (χ2n) is 13.0. The predicted molar refractivity (Wildman–Crippen MR) is 188 cm³/mol. The average Bonchev–Trinajstić information content (AvgIpc) is 3.61. The number of guanidine groups is 1. The summed E-state index contributed by atoms with van der Waals surface area (Å²) < 4.78 is 18.1. The topological polar surface area (TPSA) is 265 Å². The molecule has 9 N–H and O–H groups in total. The third kappa shape index (κ3) is 6.39. The Labute approximate surface area is 307 Å². The second-order valence-corrected chi connectivity index (χ2v) is 13.0. The summed E-state index contributed by atoms with van der Waals surface area (Å²) in [5.74, 6) is -3.10. The quantitative estimate of drug-likeness (QED) is 0.0787. The molecule has 1 unspecified atom stereocenters. The summed E-state index contributed by atoms with van der Waals surface area (Å²) in [6.45, 7) is -1.84. The summed E-state index contributed by atoms with van der Waals surface area (Å²) in [6, 6.07) is 14.8. The Bertz CT molecular complexity index is 2080. The van der Waals surface area contributed by atoms with Crippen LogP contribution in [0, 0.1) is 5.41 Å². The summed E-state index contributed by atoms with van der Waals surface area (Å²) >= 11 is 0. The Morgan fingerprint density at radius 3 is 2.33 bits per heavy atom. The zero-order valence-corrected chi connectivity index (χ0v) is 28.6. The van der Waals surface area contributed by atoms with Gasteiger partial charge in [-0.05, 0) is 25.0 Å². The minimum absolute atomic E-state index is 0.0461. The highest BCUT2D eigenvalue weighted by Crippen LogP contribution is 2.49. The SMILES string of the molecule is N=C1N=C2C(=NC[NH+]2c2ccccc2[C@H](CCCO)c2cc3c(c(OCCO)c2O[C@H]2O[C@@H](CO)[C@H](O)[C@@H](O)[C@@H]2O)C(=O)c2ccccc2C3=O)C(=O)N1. The van der Waals surface area contributed by atoms with Gasteiger partial charge in [0.15, 0.2) is 29.7 Å². The molecule has 0 bridgehead atoms. The van der Waals surface area contributed by atoms with Crippen molar-refractivity contribution < 1.29 is 64.1 Å². The van der Waals surface area contributed by atoms with E-state index < -0.39 is 67.3 Å². The van der Waals surface area contributed by atoms with Gasteiger partial charge in [-0.15, -0.1) is 0 Å². The largest absolute Gasteiger partial charge is 0.486 e. The predicted octanol–water partition coefficient (Wildman–Crippen LogP) is -1.69. The smallest absolute Gasteiger partial charge is 0.284 e. The van der Waals surface area contributed by atoms with Gasteiger partial charge in [0.1, 0.15) is 36.7 Å². The maximum Gasteiger partial charge on any atom is 0.284 e. The number of aliphatic hydroxyl groups excluding tert-OH is 6. The zero-order valence-electron chi connectivity index (χ0n) is 28.6. The van der Waals surface area contributed by atoms with Crippen LogP contribution in [0.25, 0.3) is 0 Å². The molecule has 1 saturated heterocycles. The second kappa shape index (κ2) is 15.2. The van der Waals surface area contributed by atoms with Gasteiger partial charge in [0, 0.05) is 40.3 Å². The molecule has 1 aliphatic carbocycles. The lowest BCUT2D eigenvalue weighted by molar-refractivity contribution is -0.723. The lowest BCUT2D eigenvalue weighted by Gasteiger charge is -2.40. The normalized spacial score (nSPS) is 25.2. The monoisotopic (exact) mass is 744 g/mol. The van der Waals surface area contributed by atoms with Crippen molar-refractivity contribution in [3.05, 3.63) is 88.0 Å². The van der Waals surface area contributed by atoms with E-state index in [1.165, 1.54) is 18.2 Å². The number of ether oxygens (including phenoxy) is 3. The number of benzene rings is 3. The molecule has 3 aliphatic heterocycles. The molecule has 17 heteroatoms. The van der Waals surface area contributed by atoms with Gasteiger partial charge < -0.3 is 44.8 Å². The Kier molecular flexibility index (Phi) is 10.5. The zero-order chi connectivity index (χ0) is 38.3. The van der Waals surface area contributed by atoms with Crippen LogP contribution in [-0.2, 0) is 9.53 Å². The van der Waals surface area contributed by atoms with Crippen LogP contribution in [-0.4, -0.2) is 129 Å². The molecule has 3 aromatic carbocycles. The van der Waals surface area contributed by atoms with E-state index >= 15 is 0 Å². The minimum Gasteiger partial charge on any atom is -0.486 e. The molecule has 0 aromatic heterocycles. The van der Waals surface area contributed by atoms with Gasteiger partial charge in [-0.1, -0.05) is 42.5 Å². The molecule has 3 aromatic rings. The molecule has 3 heterocycles. The number of nitrogens with one attached hydrogen (secondary N) is 3. The summed E-state index contributed by atoms with van der Waals surface area (Å²) in [5.41, 5.74) is 1.44. The van der Waals surface area contributed by atoms with E-state index in [2.05, 4.69) is 15.3 Å². The summed E-state index contributed by atoms with van der Waals surface area (Å²) in [7, 11) is 0. The number of quaternary nitrogens is 1. The van der Waals surface area contributed by atoms with Gasteiger partial charge in [0.05, 0.1) is 18.8 Å². The van der Waals surface area contributed by atoms with Crippen molar-refractivity contribution in [2.45, 2.75) is 49.5 Å². The Balaban J connectivity index is 1.47. The molecule has 0 saturated carbocycles. The number of carbonyl (C=O) groups excluding carboxylic acids is 3. The number of amidine groups is 1. The number of carbonyl (C=O) groups is 3. The van der Waals surface area contributed by atoms with Crippen molar-refractivity contribution in [2.24, 2.45) is 9.98 Å². The van der Waals surface area contributed by atoms with Gasteiger partial charge in [0.25, 0.3) is 11.7 Å². The van der Waals surface area contributed by atoms with Gasteiger partial charge in [0.2, 0.25) is 18.0 Å². The number of aliphatic hydroxyl groups is 6. The molecule has 1 amide bonds. The first-order chi connectivity index (χ1) is 26.1. The van der Waals surface area contributed by atoms with E-state index in [0.717, 1.165) is 0 Å². The van der Waals surface area contributed by atoms with Crippen LogP contribution < -0.4 is 19.7 Å². The van der Waals surface area contributed by atoms with E-state index in [4.69, 9.17) is 19.6 Å². The third-order valence-electron chi connectivity index (χ3n) is 9.84. The first-order valence-electron chi connectivity index (χ1n) is 17.3. The van der Waals surface area contributed by atoms with Crippen LogP contribution in [0.2, 0.25) is 0 Å². The summed E-state index contributed by atoms with van der Waals surface area (Å²) in [4.78, 5) is 50.3. The van der Waals surface area contributed by atoms with Crippen molar-refractivity contribution in [1.29, 1.82) is 5.41 Å². The molecule has 1 fully saturated rings. The molecular formula is C37H38N5O12+. The third-order valence-corrected chi connectivity index (χ3v) is 9.84. The fraction of sp³-hybridized carbons (Fsp3) is 0.351. The minimum atomic E-state index is -1.88. The standard InChI is InChI=1S/C37H37N5O12/c38-37-40-34-26(35(51)41-37)39-16-42(34)23-10-4-3-6-18(23)17(9-5-11-43)21-14-22-25(28(47)20-8-2-1-7-19(20)27(22)46)33(52-13-12-44)32(21)54-36-31(50)30(49)29(48)24(15-45)53-36/h1-4,6-8,10,14,17,24,29-31,36,43-45,48-50H,5,9,11-13,15-16H2,(H2,38,41,51)/p+1/t17-,24-,29-,30+,31-,36+/m0/s1. The number of ketones is 2. The molecule has 4 aliphatic rings. The van der Waals surface area contributed by atoms with Gasteiger partial charge in [-0.2, -0.15) is 4.99 Å². The first-order valence-corrected chi connectivity index (χ1v) is 17.3. The molecule has 7 rings (SSSR count). The Morgan fingerprint density at radius 2 is 1.61 bits per heavy atom. The highest BCUT2D eigenvalue weighted by atomic mass is 16.7. The van der Waals surface area contributed by atoms with E-state index in [-0.39, 0.29) is 89.5 Å². The number of fused-ring (bicyclic) bond motifs is 3. The number of hydrogen-bond donors (Lipinski definition) is 9. The lowest BCUT2D eigenvalue weighted by atomic mass is 9.78. The van der Waals surface area contributed by atoms with Crippen LogP contribution in [0.15, 0.2) is 64.6 Å². The number of amides is 1. The lowest BCUT2D eigenvalue weighted by Crippen LogP contribution is -3.09. The number of nitrogens with zero attached hydrogens (tertiary/aromatic N) is 2. The van der Waals surface area contributed by atoms with Crippen LogP contribution in [0.3, 0.4) is 0 Å². The Morgan fingerprint density at radius 1 is 0.889 bits per heavy atom. The molecule has 7 atom stereocenters. The van der Waals surface area contributed by atoms with Crippen molar-refractivity contribution >= 4 is 40.7 Å². The van der Waals surface area contributed by atoms with Crippen LogP contribution in [0.4, 0.5) is 5.69 Å². The van der Waals surface area contributed by atoms with E-state index in [1.54, 1.807) is 36.4 Å². The average molecular weight is 745 g/mol. The molecule has 54 heavy (non-hydrogen) atoms. The maximum atomic E-state index is 14.2. The van der Waals surface area contributed by atoms with Crippen LogP contribution >= 0.6 is 0 Å². The number of hydrogen-bond acceptors (Lipinski definition) is 14. The van der Waals surface area contributed by atoms with Gasteiger partial charge in [-0.3, -0.25) is 25.1 Å². The van der Waals surface area contributed by atoms with E-state index in [0.29, 0.717) is 16.2 Å². The maximum absolute atomic E-state index is 14.2. The fourth-order valence-corrected chi connectivity index (χ4v) is 7.29. The van der Waals surface area contributed by atoms with Gasteiger partial charge in [-0.25, -0.2) is 9.89 Å². The van der Waals surface area contributed by atoms with Crippen molar-refractivity contribution in [2.75, 3.05) is 33.1 Å². The molecule has 0 radical (unpaired) electrons. The van der Waals surface area contributed by atoms with Crippen molar-refractivity contribution in [3.63, 3.8) is 0 Å². The van der Waals surface area contributed by atoms with Crippen molar-refractivity contribution in [3.8, 4) is 11.5 Å². The van der Waals surface area contributed by atoms with Crippen LogP contribution in [0.5, 0.6) is 11.5 Å². The molecule has 17 nitrogen and oxygen atoms in total. The van der Waals surface area contributed by atoms with E-state index in [9.17, 15) is 45.0 Å². The number of rotatable bonds is 12. The fourth-order valence-electron chi connectivity index (χ4n) is 7.29. The highest BCUT2D eigenvalue weighted by molar-refractivity contribution is 6.68. The van der Waals surface area contributed by atoms with E-state index in [1.807, 2.05) is 0 Å². The molecule has 0 spiro atoms. The first kappa shape index (κ1) is 37.1.